The van der Waals surface area contributed by atoms with Gasteiger partial charge in [0, 0.05) is 18.7 Å². The summed E-state index contributed by atoms with van der Waals surface area (Å²) in [6.07, 6.45) is 0. The first-order chi connectivity index (χ1) is 12.5. The summed E-state index contributed by atoms with van der Waals surface area (Å²) in [7, 11) is 1.50. The number of aromatic nitrogens is 2. The third-order valence-corrected chi connectivity index (χ3v) is 3.89. The zero-order chi connectivity index (χ0) is 18.7. The molecule has 2 aromatic carbocycles. The van der Waals surface area contributed by atoms with Crippen molar-refractivity contribution in [3.8, 4) is 5.75 Å². The molecule has 0 saturated carbocycles. The molecule has 0 fully saturated rings. The maximum Gasteiger partial charge on any atom is 0.316 e. The quantitative estimate of drug-likeness (QED) is 0.673. The van der Waals surface area contributed by atoms with Gasteiger partial charge < -0.3 is 19.6 Å². The smallest absolute Gasteiger partial charge is 0.316 e. The Labute approximate surface area is 147 Å². The van der Waals surface area contributed by atoms with Gasteiger partial charge in [-0.05, 0) is 36.4 Å². The van der Waals surface area contributed by atoms with Crippen LogP contribution in [0.1, 0.15) is 10.4 Å². The molecule has 0 aliphatic carbocycles. The van der Waals surface area contributed by atoms with Gasteiger partial charge >= 0.3 is 11.1 Å². The van der Waals surface area contributed by atoms with Crippen LogP contribution < -0.4 is 21.2 Å². The summed E-state index contributed by atoms with van der Waals surface area (Å²) in [6, 6.07) is 10.4. The molecule has 3 aromatic rings. The lowest BCUT2D eigenvalue weighted by Crippen LogP contribution is -2.39. The molecule has 1 amide bonds. The highest BCUT2D eigenvalue weighted by molar-refractivity contribution is 5.94. The number of carbonyl (C=O) groups is 1. The minimum absolute atomic E-state index is 0.0700. The van der Waals surface area contributed by atoms with Crippen molar-refractivity contribution in [2.45, 2.75) is 6.54 Å². The minimum Gasteiger partial charge on any atom is -0.497 e. The normalized spacial score (nSPS) is 10.7. The van der Waals surface area contributed by atoms with Crippen LogP contribution in [0.15, 0.2) is 52.1 Å². The van der Waals surface area contributed by atoms with E-state index in [1.54, 1.807) is 24.3 Å². The SMILES string of the molecule is COc1cccc(C(=O)NCCn2c(=O)c(=O)[nH]c3cc(F)ccc32)c1. The Morgan fingerprint density at radius 1 is 1.23 bits per heavy atom. The summed E-state index contributed by atoms with van der Waals surface area (Å²) in [5.74, 6) is -0.307. The van der Waals surface area contributed by atoms with Crippen molar-refractivity contribution in [1.29, 1.82) is 0 Å². The third kappa shape index (κ3) is 3.49. The topological polar surface area (TPSA) is 93.2 Å². The molecule has 26 heavy (non-hydrogen) atoms. The largest absolute Gasteiger partial charge is 0.497 e. The number of methoxy groups -OCH3 is 1. The number of H-pyrrole nitrogens is 1. The van der Waals surface area contributed by atoms with Crippen molar-refractivity contribution in [3.63, 3.8) is 0 Å². The average Bonchev–Trinajstić information content (AvgIpc) is 2.64. The van der Waals surface area contributed by atoms with Crippen LogP contribution >= 0.6 is 0 Å². The van der Waals surface area contributed by atoms with Gasteiger partial charge in [-0.2, -0.15) is 0 Å². The van der Waals surface area contributed by atoms with E-state index in [1.807, 2.05) is 0 Å². The average molecular weight is 357 g/mol. The summed E-state index contributed by atoms with van der Waals surface area (Å²) in [5.41, 5.74) is -0.600. The number of aromatic amines is 1. The third-order valence-electron chi connectivity index (χ3n) is 3.89. The summed E-state index contributed by atoms with van der Waals surface area (Å²) in [4.78, 5) is 38.4. The molecule has 0 saturated heterocycles. The second-order valence-corrected chi connectivity index (χ2v) is 5.56. The van der Waals surface area contributed by atoms with Gasteiger partial charge in [0.25, 0.3) is 5.91 Å². The molecule has 2 N–H and O–H groups in total. The highest BCUT2D eigenvalue weighted by Crippen LogP contribution is 2.12. The summed E-state index contributed by atoms with van der Waals surface area (Å²) in [6.45, 7) is 0.187. The fourth-order valence-electron chi connectivity index (χ4n) is 2.62. The Bertz CT molecular complexity index is 1090. The van der Waals surface area contributed by atoms with E-state index < -0.39 is 16.9 Å². The number of amides is 1. The Kier molecular flexibility index (Phi) is 4.83. The number of halogens is 1. The van der Waals surface area contributed by atoms with Crippen LogP contribution in [0.2, 0.25) is 0 Å². The number of hydrogen-bond acceptors (Lipinski definition) is 4. The number of hydrogen-bond donors (Lipinski definition) is 2. The monoisotopic (exact) mass is 357 g/mol. The van der Waals surface area contributed by atoms with Crippen molar-refractivity contribution < 1.29 is 13.9 Å². The lowest BCUT2D eigenvalue weighted by atomic mass is 10.2. The van der Waals surface area contributed by atoms with E-state index >= 15 is 0 Å². The van der Waals surface area contributed by atoms with Gasteiger partial charge in [-0.15, -0.1) is 0 Å². The highest BCUT2D eigenvalue weighted by Gasteiger charge is 2.10. The van der Waals surface area contributed by atoms with Crippen molar-refractivity contribution >= 4 is 16.9 Å². The Balaban J connectivity index is 1.79. The standard InChI is InChI=1S/C18H16FN3O4/c1-26-13-4-2-3-11(9-13)16(23)20-7-8-22-15-6-5-12(19)10-14(15)21-17(24)18(22)25/h2-6,9-10H,7-8H2,1H3,(H,20,23)(H,21,24). The minimum atomic E-state index is -0.845. The summed E-state index contributed by atoms with van der Waals surface area (Å²) < 4.78 is 19.6. The van der Waals surface area contributed by atoms with E-state index in [1.165, 1.54) is 23.8 Å². The molecule has 8 heteroatoms. The maximum atomic E-state index is 13.3. The molecule has 0 spiro atoms. The molecule has 1 aromatic heterocycles. The first-order valence-corrected chi connectivity index (χ1v) is 7.84. The molecule has 0 aliphatic rings. The summed E-state index contributed by atoms with van der Waals surface area (Å²) >= 11 is 0. The van der Waals surface area contributed by atoms with Crippen molar-refractivity contribution in [2.75, 3.05) is 13.7 Å². The lowest BCUT2D eigenvalue weighted by molar-refractivity contribution is 0.0952. The van der Waals surface area contributed by atoms with Gasteiger partial charge in [0.15, 0.2) is 0 Å². The van der Waals surface area contributed by atoms with E-state index in [2.05, 4.69) is 10.3 Å². The molecular weight excluding hydrogens is 341 g/mol. The second kappa shape index (κ2) is 7.22. The van der Waals surface area contributed by atoms with E-state index in [-0.39, 0.29) is 24.5 Å². The number of rotatable bonds is 5. The molecule has 0 unspecified atom stereocenters. The molecule has 0 atom stereocenters. The van der Waals surface area contributed by atoms with Gasteiger partial charge in [0.05, 0.1) is 18.1 Å². The molecule has 0 radical (unpaired) electrons. The Morgan fingerprint density at radius 3 is 2.81 bits per heavy atom. The van der Waals surface area contributed by atoms with E-state index in [4.69, 9.17) is 4.74 Å². The molecule has 134 valence electrons. The van der Waals surface area contributed by atoms with E-state index in [0.717, 1.165) is 6.07 Å². The molecule has 7 nitrogen and oxygen atoms in total. The van der Waals surface area contributed by atoms with Crippen LogP contribution in [0.5, 0.6) is 5.75 Å². The van der Waals surface area contributed by atoms with Gasteiger partial charge in [0.1, 0.15) is 11.6 Å². The fraction of sp³-hybridized carbons (Fsp3) is 0.167. The van der Waals surface area contributed by atoms with Crippen LogP contribution in [0, 0.1) is 5.82 Å². The first-order valence-electron chi connectivity index (χ1n) is 7.84. The molecule has 0 aliphatic heterocycles. The van der Waals surface area contributed by atoms with Gasteiger partial charge in [-0.3, -0.25) is 14.4 Å². The molecule has 3 rings (SSSR count). The fourth-order valence-corrected chi connectivity index (χ4v) is 2.62. The van der Waals surface area contributed by atoms with E-state index in [0.29, 0.717) is 16.8 Å². The molecule has 1 heterocycles. The van der Waals surface area contributed by atoms with Crippen LogP contribution in [-0.4, -0.2) is 29.1 Å². The number of carbonyl (C=O) groups excluding carboxylic acids is 1. The van der Waals surface area contributed by atoms with Crippen molar-refractivity contribution in [2.24, 2.45) is 0 Å². The van der Waals surface area contributed by atoms with Crippen molar-refractivity contribution in [1.82, 2.24) is 14.9 Å². The van der Waals surface area contributed by atoms with Gasteiger partial charge in [0.2, 0.25) is 0 Å². The van der Waals surface area contributed by atoms with Crippen molar-refractivity contribution in [3.05, 3.63) is 74.6 Å². The van der Waals surface area contributed by atoms with Gasteiger partial charge in [-0.25, -0.2) is 4.39 Å². The lowest BCUT2D eigenvalue weighted by Gasteiger charge is -2.11. The van der Waals surface area contributed by atoms with Crippen LogP contribution in [0.25, 0.3) is 11.0 Å². The molecular formula is C18H16FN3O4. The van der Waals surface area contributed by atoms with Crippen LogP contribution in [0.3, 0.4) is 0 Å². The Hall–Kier alpha value is -3.42. The zero-order valence-corrected chi connectivity index (χ0v) is 13.9. The van der Waals surface area contributed by atoms with Crippen LogP contribution in [0.4, 0.5) is 4.39 Å². The first kappa shape index (κ1) is 17.4. The number of nitrogens with one attached hydrogen (secondary N) is 2. The number of nitrogens with zero attached hydrogens (tertiary/aromatic N) is 1. The predicted molar refractivity (Wildman–Crippen MR) is 94.1 cm³/mol. The molecule has 0 bridgehead atoms. The highest BCUT2D eigenvalue weighted by atomic mass is 19.1. The van der Waals surface area contributed by atoms with Crippen LogP contribution in [-0.2, 0) is 6.54 Å². The number of ether oxygens (including phenoxy) is 1. The van der Waals surface area contributed by atoms with Gasteiger partial charge in [-0.1, -0.05) is 6.07 Å². The Morgan fingerprint density at radius 2 is 2.04 bits per heavy atom. The number of benzene rings is 2. The van der Waals surface area contributed by atoms with E-state index in [9.17, 15) is 18.8 Å². The second-order valence-electron chi connectivity index (χ2n) is 5.56. The maximum absolute atomic E-state index is 13.3. The summed E-state index contributed by atoms with van der Waals surface area (Å²) in [5, 5.41) is 2.68. The zero-order valence-electron chi connectivity index (χ0n) is 13.9. The number of fused-ring (bicyclic) bond motifs is 1. The predicted octanol–water partition coefficient (Wildman–Crippen LogP) is 1.27.